The average molecular weight is 210 g/mol. The molecule has 1 aliphatic rings. The number of piperazine rings is 1. The van der Waals surface area contributed by atoms with E-state index in [0.29, 0.717) is 11.3 Å². The minimum atomic E-state index is -0.271. The minimum Gasteiger partial charge on any atom is -0.367 e. The molecule has 0 unspecified atom stereocenters. The first kappa shape index (κ1) is 12.0. The number of rotatable bonds is 3. The molecule has 0 saturated carbocycles. The highest BCUT2D eigenvalue weighted by molar-refractivity contribution is 5.28. The van der Waals surface area contributed by atoms with Gasteiger partial charge in [0.15, 0.2) is 0 Å². The van der Waals surface area contributed by atoms with E-state index >= 15 is 0 Å². The summed E-state index contributed by atoms with van der Waals surface area (Å²) in [4.78, 5) is 4.21. The zero-order valence-corrected chi connectivity index (χ0v) is 9.59. The van der Waals surface area contributed by atoms with E-state index in [9.17, 15) is 4.39 Å². The first-order valence-corrected chi connectivity index (χ1v) is 5.16. The van der Waals surface area contributed by atoms with Gasteiger partial charge in [0.1, 0.15) is 5.83 Å². The van der Waals surface area contributed by atoms with Gasteiger partial charge >= 0.3 is 0 Å². The second kappa shape index (κ2) is 5.12. The third kappa shape index (κ3) is 3.51. The molecular weight excluding hydrogens is 191 g/mol. The van der Waals surface area contributed by atoms with Gasteiger partial charge < -0.3 is 9.80 Å². The average Bonchev–Trinajstić information content (AvgIpc) is 2.17. The standard InChI is InChI=1S/C12H19FN2/c1-10(2)9-12(13)11(3)15-7-5-14(4)6-8-15/h9H,1,3,5-8H2,2,4H3/b12-9+. The van der Waals surface area contributed by atoms with Crippen molar-refractivity contribution >= 4 is 0 Å². The van der Waals surface area contributed by atoms with Crippen LogP contribution >= 0.6 is 0 Å². The summed E-state index contributed by atoms with van der Waals surface area (Å²) in [6.45, 7) is 12.8. The van der Waals surface area contributed by atoms with Crippen LogP contribution in [-0.2, 0) is 0 Å². The fourth-order valence-corrected chi connectivity index (χ4v) is 1.53. The normalized spacial score (nSPS) is 19.1. The minimum absolute atomic E-state index is 0.271. The molecule has 0 N–H and O–H groups in total. The zero-order chi connectivity index (χ0) is 11.4. The Kier molecular flexibility index (Phi) is 4.09. The second-order valence-electron chi connectivity index (χ2n) is 4.08. The van der Waals surface area contributed by atoms with E-state index in [1.165, 1.54) is 6.08 Å². The van der Waals surface area contributed by atoms with Gasteiger partial charge in [-0.15, -0.1) is 0 Å². The molecule has 2 nitrogen and oxygen atoms in total. The smallest absolute Gasteiger partial charge is 0.146 e. The predicted molar refractivity (Wildman–Crippen MR) is 62.2 cm³/mol. The van der Waals surface area contributed by atoms with Gasteiger partial charge in [-0.2, -0.15) is 0 Å². The van der Waals surface area contributed by atoms with Crippen molar-refractivity contribution in [3.05, 3.63) is 36.3 Å². The van der Waals surface area contributed by atoms with Gasteiger partial charge in [-0.3, -0.25) is 0 Å². The molecule has 1 heterocycles. The highest BCUT2D eigenvalue weighted by atomic mass is 19.1. The maximum atomic E-state index is 13.6. The molecule has 1 rings (SSSR count). The van der Waals surface area contributed by atoms with Crippen molar-refractivity contribution in [2.45, 2.75) is 6.92 Å². The molecule has 0 amide bonds. The molecule has 0 spiro atoms. The Bertz CT molecular complexity index is 286. The predicted octanol–water partition coefficient (Wildman–Crippen LogP) is 2.18. The SMILES string of the molecule is C=C(C)/C=C(/F)C(=C)N1CCN(C)CC1. The van der Waals surface area contributed by atoms with Crippen LogP contribution in [0.3, 0.4) is 0 Å². The van der Waals surface area contributed by atoms with E-state index in [1.54, 1.807) is 6.92 Å². The van der Waals surface area contributed by atoms with Crippen molar-refractivity contribution in [2.24, 2.45) is 0 Å². The summed E-state index contributed by atoms with van der Waals surface area (Å²) in [5.41, 5.74) is 1.19. The quantitative estimate of drug-likeness (QED) is 0.659. The van der Waals surface area contributed by atoms with Gasteiger partial charge in [0, 0.05) is 26.2 Å². The lowest BCUT2D eigenvalue weighted by molar-refractivity contribution is 0.185. The van der Waals surface area contributed by atoms with Crippen LogP contribution in [-0.4, -0.2) is 43.0 Å². The second-order valence-corrected chi connectivity index (χ2v) is 4.08. The summed E-state index contributed by atoms with van der Waals surface area (Å²) in [6, 6.07) is 0. The zero-order valence-electron chi connectivity index (χ0n) is 9.59. The highest BCUT2D eigenvalue weighted by Crippen LogP contribution is 2.17. The van der Waals surface area contributed by atoms with Crippen LogP contribution in [0.4, 0.5) is 4.39 Å². The molecule has 1 aliphatic heterocycles. The van der Waals surface area contributed by atoms with Gasteiger partial charge in [0.25, 0.3) is 0 Å². The maximum Gasteiger partial charge on any atom is 0.146 e. The Balaban J connectivity index is 2.57. The van der Waals surface area contributed by atoms with Gasteiger partial charge in [-0.05, 0) is 20.0 Å². The maximum absolute atomic E-state index is 13.6. The lowest BCUT2D eigenvalue weighted by atomic mass is 10.2. The monoisotopic (exact) mass is 210 g/mol. The molecule has 84 valence electrons. The molecule has 0 radical (unpaired) electrons. The van der Waals surface area contributed by atoms with Crippen molar-refractivity contribution < 1.29 is 4.39 Å². The van der Waals surface area contributed by atoms with Crippen molar-refractivity contribution in [3.8, 4) is 0 Å². The molecule has 15 heavy (non-hydrogen) atoms. The lowest BCUT2D eigenvalue weighted by Gasteiger charge is -2.34. The summed E-state index contributed by atoms with van der Waals surface area (Å²) in [5, 5.41) is 0. The lowest BCUT2D eigenvalue weighted by Crippen LogP contribution is -2.43. The molecule has 0 atom stereocenters. The summed E-state index contributed by atoms with van der Waals surface area (Å²) >= 11 is 0. The largest absolute Gasteiger partial charge is 0.367 e. The van der Waals surface area contributed by atoms with Crippen molar-refractivity contribution in [2.75, 3.05) is 33.2 Å². The van der Waals surface area contributed by atoms with Gasteiger partial charge in [-0.1, -0.05) is 18.7 Å². The fraction of sp³-hybridized carbons (Fsp3) is 0.500. The molecular formula is C12H19FN2. The van der Waals surface area contributed by atoms with Crippen LogP contribution in [0.1, 0.15) is 6.92 Å². The molecule has 3 heteroatoms. The van der Waals surface area contributed by atoms with E-state index in [2.05, 4.69) is 25.1 Å². The van der Waals surface area contributed by atoms with Crippen LogP contribution in [0.15, 0.2) is 36.3 Å². The Hall–Kier alpha value is -1.09. The van der Waals surface area contributed by atoms with Crippen LogP contribution in [0.25, 0.3) is 0 Å². The number of likely N-dealkylation sites (N-methyl/N-ethyl adjacent to an activating group) is 1. The first-order valence-electron chi connectivity index (χ1n) is 5.16. The molecule has 0 aliphatic carbocycles. The van der Waals surface area contributed by atoms with Gasteiger partial charge in [0.2, 0.25) is 0 Å². The third-order valence-electron chi connectivity index (χ3n) is 2.53. The van der Waals surface area contributed by atoms with E-state index in [0.717, 1.165) is 26.2 Å². The van der Waals surface area contributed by atoms with Crippen LogP contribution in [0.5, 0.6) is 0 Å². The number of hydrogen-bond acceptors (Lipinski definition) is 2. The summed E-state index contributed by atoms with van der Waals surface area (Å²) in [6.07, 6.45) is 1.43. The molecule has 0 aromatic heterocycles. The number of nitrogens with zero attached hydrogens (tertiary/aromatic N) is 2. The van der Waals surface area contributed by atoms with Crippen LogP contribution < -0.4 is 0 Å². The van der Waals surface area contributed by atoms with Crippen LogP contribution in [0, 0.1) is 0 Å². The first-order chi connectivity index (χ1) is 7.00. The Morgan fingerprint density at radius 3 is 2.20 bits per heavy atom. The summed E-state index contributed by atoms with van der Waals surface area (Å²) < 4.78 is 13.6. The van der Waals surface area contributed by atoms with Crippen molar-refractivity contribution in [1.29, 1.82) is 0 Å². The molecule has 0 aromatic carbocycles. The summed E-state index contributed by atoms with van der Waals surface area (Å²) in [7, 11) is 2.07. The number of allylic oxidation sites excluding steroid dienone is 3. The van der Waals surface area contributed by atoms with Crippen molar-refractivity contribution in [3.63, 3.8) is 0 Å². The molecule has 1 fully saturated rings. The van der Waals surface area contributed by atoms with E-state index < -0.39 is 0 Å². The van der Waals surface area contributed by atoms with Gasteiger partial charge in [-0.25, -0.2) is 4.39 Å². The number of halogens is 1. The summed E-state index contributed by atoms with van der Waals surface area (Å²) in [5.74, 6) is -0.271. The fourth-order valence-electron chi connectivity index (χ4n) is 1.53. The topological polar surface area (TPSA) is 6.48 Å². The van der Waals surface area contributed by atoms with E-state index in [-0.39, 0.29) is 5.83 Å². The molecule has 1 saturated heterocycles. The van der Waals surface area contributed by atoms with E-state index in [1.807, 2.05) is 4.90 Å². The van der Waals surface area contributed by atoms with Crippen LogP contribution in [0.2, 0.25) is 0 Å². The molecule has 0 bridgehead atoms. The molecule has 0 aromatic rings. The Labute approximate surface area is 91.4 Å². The van der Waals surface area contributed by atoms with E-state index in [4.69, 9.17) is 0 Å². The number of hydrogen-bond donors (Lipinski definition) is 0. The third-order valence-corrected chi connectivity index (χ3v) is 2.53. The Morgan fingerprint density at radius 2 is 1.73 bits per heavy atom. The van der Waals surface area contributed by atoms with Crippen molar-refractivity contribution in [1.82, 2.24) is 9.80 Å². The Morgan fingerprint density at radius 1 is 1.20 bits per heavy atom. The van der Waals surface area contributed by atoms with Gasteiger partial charge in [0.05, 0.1) is 5.70 Å². The highest BCUT2D eigenvalue weighted by Gasteiger charge is 2.17.